The first-order valence-corrected chi connectivity index (χ1v) is 6.97. The minimum absolute atomic E-state index is 0. The number of pyridine rings is 1. The van der Waals surface area contributed by atoms with Crippen molar-refractivity contribution >= 4 is 39.2 Å². The van der Waals surface area contributed by atoms with Crippen LogP contribution in [0.3, 0.4) is 0 Å². The Hall–Kier alpha value is -2.07. The van der Waals surface area contributed by atoms with Gasteiger partial charge in [0.2, 0.25) is 5.91 Å². The lowest BCUT2D eigenvalue weighted by atomic mass is 10.1. The molecule has 0 aliphatic heterocycles. The third-order valence-electron chi connectivity index (χ3n) is 2.65. The summed E-state index contributed by atoms with van der Waals surface area (Å²) in [5.74, 6) is 0.426. The topological polar surface area (TPSA) is 42.0 Å². The average Bonchev–Trinajstić information content (AvgIpc) is 2.36. The quantitative estimate of drug-likeness (QED) is 0.887. The van der Waals surface area contributed by atoms with Crippen molar-refractivity contribution in [1.82, 2.24) is 4.98 Å². The molecule has 3 nitrogen and oxygen atoms in total. The van der Waals surface area contributed by atoms with Gasteiger partial charge in [-0.25, -0.2) is 4.98 Å². The second kappa shape index (κ2) is 5.92. The lowest BCUT2D eigenvalue weighted by molar-refractivity contribution is -0.114. The zero-order valence-electron chi connectivity index (χ0n) is 11.6. The normalized spacial score (nSPS) is 10.3. The Bertz CT molecular complexity index is 712. The number of allylic oxidation sites excluding steroid dienone is 1. The van der Waals surface area contributed by atoms with Gasteiger partial charge in [0, 0.05) is 24.8 Å². The maximum absolute atomic E-state index is 11.1. The third kappa shape index (κ3) is 3.48. The number of anilines is 1. The maximum Gasteiger partial charge on any atom is 0.222 e. The van der Waals surface area contributed by atoms with E-state index in [0.29, 0.717) is 5.82 Å². The Morgan fingerprint density at radius 3 is 2.65 bits per heavy atom. The molecule has 0 saturated heterocycles. The van der Waals surface area contributed by atoms with Gasteiger partial charge in [0.15, 0.2) is 0 Å². The van der Waals surface area contributed by atoms with E-state index in [1.165, 1.54) is 6.92 Å². The Labute approximate surface area is 124 Å². The van der Waals surface area contributed by atoms with E-state index < -0.39 is 0 Å². The summed E-state index contributed by atoms with van der Waals surface area (Å²) < 4.78 is 0. The van der Waals surface area contributed by atoms with Crippen LogP contribution in [0.1, 0.15) is 20.8 Å². The van der Waals surface area contributed by atoms with Gasteiger partial charge in [0.25, 0.3) is 0 Å². The van der Waals surface area contributed by atoms with Gasteiger partial charge >= 0.3 is 0 Å². The molecule has 1 aromatic heterocycles. The van der Waals surface area contributed by atoms with Crippen LogP contribution in [0.4, 0.5) is 5.82 Å². The van der Waals surface area contributed by atoms with Crippen LogP contribution in [0.2, 0.25) is 0 Å². The van der Waals surface area contributed by atoms with E-state index in [0.717, 1.165) is 26.1 Å². The van der Waals surface area contributed by atoms with Crippen molar-refractivity contribution in [3.63, 3.8) is 0 Å². The molecular weight excluding hydrogens is 268 g/mol. The predicted molar refractivity (Wildman–Crippen MR) is 89.6 cm³/mol. The molecule has 0 atom stereocenters. The fourth-order valence-corrected chi connectivity index (χ4v) is 2.50. The van der Waals surface area contributed by atoms with Crippen LogP contribution in [0.15, 0.2) is 48.5 Å². The molecule has 20 heavy (non-hydrogen) atoms. The van der Waals surface area contributed by atoms with Crippen LogP contribution in [0.5, 0.6) is 0 Å². The van der Waals surface area contributed by atoms with Crippen molar-refractivity contribution in [2.24, 2.45) is 0 Å². The van der Waals surface area contributed by atoms with Gasteiger partial charge in [-0.05, 0) is 34.9 Å². The van der Waals surface area contributed by atoms with Crippen molar-refractivity contribution < 1.29 is 6.22 Å². The second-order valence-corrected chi connectivity index (χ2v) is 5.93. The van der Waals surface area contributed by atoms with Gasteiger partial charge in [-0.15, -0.1) is 0 Å². The third-order valence-corrected chi connectivity index (χ3v) is 3.48. The molecule has 1 heterocycles. The molecule has 1 amide bonds. The first-order valence-electron chi connectivity index (χ1n) is 6.16. The molecule has 1 N–H and O–H groups in total. The van der Waals surface area contributed by atoms with Gasteiger partial charge in [-0.2, -0.15) is 0 Å². The number of benzene rings is 1. The minimum atomic E-state index is -0.129. The molecule has 0 radical (unpaired) electrons. The van der Waals surface area contributed by atoms with Crippen LogP contribution in [-0.4, -0.2) is 10.9 Å². The molecule has 2 rings (SSSR count). The highest BCUT2D eigenvalue weighted by Gasteiger charge is 2.04. The number of hydrogen-bond acceptors (Lipinski definition) is 3. The number of carbonyl (C=O) groups excluding carboxylic acids is 1. The summed E-state index contributed by atoms with van der Waals surface area (Å²) in [7, 11) is 0. The number of hydrogen-bond donors (Lipinski definition) is 1. The summed E-state index contributed by atoms with van der Waals surface area (Å²) in [5, 5.41) is 4.73. The molecule has 0 bridgehead atoms. The number of thioether (sulfide) groups is 1. The van der Waals surface area contributed by atoms with Crippen LogP contribution in [0, 0.1) is 0 Å². The highest BCUT2D eigenvalue weighted by Crippen LogP contribution is 2.32. The number of carbonyl (C=O) groups is 1. The number of fused-ring (bicyclic) bond motifs is 1. The lowest BCUT2D eigenvalue weighted by Gasteiger charge is -2.08. The number of amides is 1. The summed E-state index contributed by atoms with van der Waals surface area (Å²) in [5.41, 5.74) is 1.05. The van der Waals surface area contributed by atoms with Crippen molar-refractivity contribution in [3.05, 3.63) is 54.1 Å². The van der Waals surface area contributed by atoms with E-state index in [4.69, 9.17) is 0 Å². The Morgan fingerprint density at radius 2 is 2.00 bits per heavy atom. The summed E-state index contributed by atoms with van der Waals surface area (Å²) in [4.78, 5) is 17.2. The van der Waals surface area contributed by atoms with Gasteiger partial charge in [0.1, 0.15) is 5.82 Å². The minimum Gasteiger partial charge on any atom is -0.311 e. The highest BCUT2D eigenvalue weighted by atomic mass is 32.2. The summed E-state index contributed by atoms with van der Waals surface area (Å²) in [6, 6.07) is 7.92. The molecule has 0 saturated carbocycles. The Kier molecular flexibility index (Phi) is 4.25. The summed E-state index contributed by atoms with van der Waals surface area (Å²) in [6.45, 7) is 11.4. The second-order valence-electron chi connectivity index (χ2n) is 4.54. The van der Waals surface area contributed by atoms with Crippen LogP contribution in [-0.2, 0) is 4.79 Å². The van der Waals surface area contributed by atoms with Crippen molar-refractivity contribution in [2.45, 2.75) is 13.8 Å². The van der Waals surface area contributed by atoms with E-state index in [2.05, 4.69) is 23.5 Å². The van der Waals surface area contributed by atoms with Crippen molar-refractivity contribution in [2.75, 3.05) is 5.32 Å². The molecular formula is C16H18N2OS. The molecule has 0 aliphatic carbocycles. The molecule has 0 fully saturated rings. The van der Waals surface area contributed by atoms with Gasteiger partial charge < -0.3 is 5.32 Å². The lowest BCUT2D eigenvalue weighted by Crippen LogP contribution is -2.06. The molecule has 2 aromatic rings. The van der Waals surface area contributed by atoms with Crippen molar-refractivity contribution in [1.29, 1.82) is 0 Å². The zero-order valence-corrected chi connectivity index (χ0v) is 12.4. The fraction of sp³-hybridized carbons (Fsp3) is 0.125. The molecule has 0 unspecified atom stereocenters. The van der Waals surface area contributed by atoms with E-state index >= 15 is 0 Å². The summed E-state index contributed by atoms with van der Waals surface area (Å²) in [6.07, 6.45) is 1.75. The van der Waals surface area contributed by atoms with Gasteiger partial charge in [-0.3, -0.25) is 4.79 Å². The Morgan fingerprint density at radius 1 is 1.25 bits per heavy atom. The molecule has 4 heteroatoms. The highest BCUT2D eigenvalue weighted by molar-refractivity contribution is 8.11. The van der Waals surface area contributed by atoms with E-state index in [1.807, 2.05) is 31.2 Å². The average molecular weight is 286 g/mol. The molecule has 0 aliphatic rings. The van der Waals surface area contributed by atoms with Crippen molar-refractivity contribution in [3.8, 4) is 0 Å². The number of rotatable bonds is 4. The van der Waals surface area contributed by atoms with Crippen LogP contribution in [0.25, 0.3) is 15.7 Å². The smallest absolute Gasteiger partial charge is 0.222 e. The Balaban J connectivity index is 0.00000220. The van der Waals surface area contributed by atoms with E-state index in [1.54, 1.807) is 18.0 Å². The first-order chi connectivity index (χ1) is 9.45. The number of nitrogens with zero attached hydrogens (tertiary/aromatic N) is 1. The first kappa shape index (κ1) is 14.3. The standard InChI is InChI=1S/C16H16N2OS.H2/c1-10(2)20-11(3)13-5-6-14-9-17-16(18-12(4)19)8-15(14)7-13;/h5-9H,1,3H2,2,4H3,(H,17,18,19);1H. The molecule has 104 valence electrons. The van der Waals surface area contributed by atoms with Gasteiger partial charge in [0.05, 0.1) is 0 Å². The largest absolute Gasteiger partial charge is 0.311 e. The number of aromatic nitrogens is 1. The fourth-order valence-electron chi connectivity index (χ4n) is 1.83. The van der Waals surface area contributed by atoms with E-state index in [-0.39, 0.29) is 7.33 Å². The monoisotopic (exact) mass is 286 g/mol. The molecule has 1 aromatic carbocycles. The number of nitrogens with one attached hydrogen (secondary N) is 1. The van der Waals surface area contributed by atoms with Crippen LogP contribution >= 0.6 is 11.8 Å². The van der Waals surface area contributed by atoms with Gasteiger partial charge in [-0.1, -0.05) is 37.1 Å². The SMILES string of the molecule is C=C(C)SC(=C)c1ccc2cnc(NC(C)=O)cc2c1.[HH]. The van der Waals surface area contributed by atoms with E-state index in [9.17, 15) is 4.79 Å². The zero-order chi connectivity index (χ0) is 14.7. The molecule has 0 spiro atoms. The predicted octanol–water partition coefficient (Wildman–Crippen LogP) is 4.68. The summed E-state index contributed by atoms with van der Waals surface area (Å²) >= 11 is 1.56. The maximum atomic E-state index is 11.1. The van der Waals surface area contributed by atoms with Crippen LogP contribution < -0.4 is 5.32 Å².